The van der Waals surface area contributed by atoms with Crippen molar-refractivity contribution in [2.75, 3.05) is 0 Å². The van der Waals surface area contributed by atoms with E-state index in [2.05, 4.69) is 33.0 Å². The summed E-state index contributed by atoms with van der Waals surface area (Å²) in [7, 11) is 0. The summed E-state index contributed by atoms with van der Waals surface area (Å²) in [5.41, 5.74) is 0.286. The third kappa shape index (κ3) is 2.73. The molecule has 1 aliphatic carbocycles. The molecule has 2 aliphatic rings. The fourth-order valence-electron chi connectivity index (χ4n) is 4.11. The maximum absolute atomic E-state index is 11.9. The zero-order chi connectivity index (χ0) is 13.3. The number of nitrogens with one attached hydrogen (secondary N) is 1. The van der Waals surface area contributed by atoms with E-state index in [-0.39, 0.29) is 5.41 Å². The van der Waals surface area contributed by atoms with Gasteiger partial charge in [0.05, 0.1) is 0 Å². The summed E-state index contributed by atoms with van der Waals surface area (Å²) < 4.78 is 0. The minimum Gasteiger partial charge on any atom is -0.353 e. The van der Waals surface area contributed by atoms with Crippen molar-refractivity contribution in [2.24, 2.45) is 23.2 Å². The molecule has 0 bridgehead atoms. The molecule has 1 aliphatic heterocycles. The van der Waals surface area contributed by atoms with Gasteiger partial charge < -0.3 is 5.32 Å². The van der Waals surface area contributed by atoms with E-state index < -0.39 is 0 Å². The molecule has 1 saturated carbocycles. The summed E-state index contributed by atoms with van der Waals surface area (Å²) in [5, 5.41) is 3.27. The Balaban J connectivity index is 2.13. The molecule has 1 spiro atoms. The van der Waals surface area contributed by atoms with Gasteiger partial charge in [0.2, 0.25) is 5.91 Å². The van der Waals surface area contributed by atoms with Gasteiger partial charge in [-0.1, -0.05) is 40.5 Å². The second kappa shape index (κ2) is 5.22. The van der Waals surface area contributed by atoms with E-state index in [0.717, 1.165) is 24.7 Å². The maximum Gasteiger partial charge on any atom is 0.220 e. The van der Waals surface area contributed by atoms with E-state index >= 15 is 0 Å². The first-order valence-corrected chi connectivity index (χ1v) is 7.72. The van der Waals surface area contributed by atoms with Crippen molar-refractivity contribution in [1.29, 1.82) is 0 Å². The third-order valence-corrected chi connectivity index (χ3v) is 5.16. The Labute approximate surface area is 112 Å². The fourth-order valence-corrected chi connectivity index (χ4v) is 4.11. The molecular formula is C16H29NO. The lowest BCUT2D eigenvalue weighted by atomic mass is 9.62. The molecule has 0 radical (unpaired) electrons. The third-order valence-electron chi connectivity index (χ3n) is 5.16. The molecule has 1 N–H and O–H groups in total. The molecule has 1 amide bonds. The largest absolute Gasteiger partial charge is 0.353 e. The molecule has 0 aromatic rings. The van der Waals surface area contributed by atoms with Gasteiger partial charge >= 0.3 is 0 Å². The van der Waals surface area contributed by atoms with Crippen LogP contribution in [0.3, 0.4) is 0 Å². The van der Waals surface area contributed by atoms with Crippen molar-refractivity contribution >= 4 is 5.91 Å². The van der Waals surface area contributed by atoms with Gasteiger partial charge in [0, 0.05) is 12.5 Å². The van der Waals surface area contributed by atoms with Crippen LogP contribution in [0, 0.1) is 23.2 Å². The Hall–Kier alpha value is -0.530. The molecule has 3 atom stereocenters. The molecule has 0 aromatic carbocycles. The van der Waals surface area contributed by atoms with Gasteiger partial charge in [-0.25, -0.2) is 0 Å². The van der Waals surface area contributed by atoms with Gasteiger partial charge in [-0.05, 0) is 42.4 Å². The zero-order valence-electron chi connectivity index (χ0n) is 12.5. The molecule has 18 heavy (non-hydrogen) atoms. The van der Waals surface area contributed by atoms with Crippen LogP contribution in [-0.4, -0.2) is 11.9 Å². The fraction of sp³-hybridized carbons (Fsp3) is 0.938. The highest BCUT2D eigenvalue weighted by molar-refractivity contribution is 5.80. The van der Waals surface area contributed by atoms with Gasteiger partial charge in [0.25, 0.3) is 0 Å². The van der Waals surface area contributed by atoms with Gasteiger partial charge in [-0.2, -0.15) is 0 Å². The van der Waals surface area contributed by atoms with Crippen LogP contribution in [0.2, 0.25) is 0 Å². The van der Waals surface area contributed by atoms with Crippen LogP contribution in [0.5, 0.6) is 0 Å². The monoisotopic (exact) mass is 251 g/mol. The average molecular weight is 251 g/mol. The van der Waals surface area contributed by atoms with E-state index in [1.54, 1.807) is 0 Å². The second-order valence-electron chi connectivity index (χ2n) is 7.39. The zero-order valence-corrected chi connectivity index (χ0v) is 12.5. The summed E-state index contributed by atoms with van der Waals surface area (Å²) in [6, 6.07) is 0.437. The van der Waals surface area contributed by atoms with Crippen LogP contribution >= 0.6 is 0 Å². The average Bonchev–Trinajstić information content (AvgIpc) is 2.54. The van der Waals surface area contributed by atoms with E-state index in [0.29, 0.717) is 17.9 Å². The Morgan fingerprint density at radius 2 is 2.06 bits per heavy atom. The lowest BCUT2D eigenvalue weighted by molar-refractivity contribution is -0.120. The minimum absolute atomic E-state index is 0.286. The van der Waals surface area contributed by atoms with Gasteiger partial charge in [0.1, 0.15) is 0 Å². The first kappa shape index (κ1) is 13.9. The van der Waals surface area contributed by atoms with Gasteiger partial charge in [-0.3, -0.25) is 4.79 Å². The topological polar surface area (TPSA) is 29.1 Å². The predicted octanol–water partition coefficient (Wildman–Crippen LogP) is 3.75. The van der Waals surface area contributed by atoms with Crippen molar-refractivity contribution in [1.82, 2.24) is 5.32 Å². The Morgan fingerprint density at radius 3 is 2.67 bits per heavy atom. The summed E-state index contributed by atoms with van der Waals surface area (Å²) in [6.07, 6.45) is 7.13. The summed E-state index contributed by atoms with van der Waals surface area (Å²) in [6.45, 7) is 9.21. The second-order valence-corrected chi connectivity index (χ2v) is 7.39. The quantitative estimate of drug-likeness (QED) is 0.813. The molecule has 2 rings (SSSR count). The maximum atomic E-state index is 11.9. The number of hydrogen-bond acceptors (Lipinski definition) is 1. The van der Waals surface area contributed by atoms with Crippen LogP contribution in [-0.2, 0) is 4.79 Å². The van der Waals surface area contributed by atoms with E-state index in [4.69, 9.17) is 0 Å². The smallest absolute Gasteiger partial charge is 0.220 e. The van der Waals surface area contributed by atoms with Crippen LogP contribution in [0.4, 0.5) is 0 Å². The Bertz CT molecular complexity index is 310. The van der Waals surface area contributed by atoms with E-state index in [1.807, 2.05) is 0 Å². The van der Waals surface area contributed by atoms with Gasteiger partial charge in [0.15, 0.2) is 0 Å². The molecular weight excluding hydrogens is 222 g/mol. The van der Waals surface area contributed by atoms with Crippen LogP contribution in [0.15, 0.2) is 0 Å². The summed E-state index contributed by atoms with van der Waals surface area (Å²) in [5.74, 6) is 2.55. The highest BCUT2D eigenvalue weighted by atomic mass is 16.2. The predicted molar refractivity (Wildman–Crippen MR) is 75.2 cm³/mol. The standard InChI is InChI=1S/C16H29NO/c1-11(2)8-14-16(10-15(18)17-14)7-5-6-13(9-16)12(3)4/h11-14H,5-10H2,1-4H3,(H,17,18). The molecule has 1 heterocycles. The molecule has 1 saturated heterocycles. The highest BCUT2D eigenvalue weighted by Crippen LogP contribution is 2.50. The van der Waals surface area contributed by atoms with E-state index in [9.17, 15) is 4.79 Å². The molecule has 104 valence electrons. The number of carbonyl (C=O) groups excluding carboxylic acids is 1. The van der Waals surface area contributed by atoms with Crippen LogP contribution in [0.1, 0.15) is 66.2 Å². The minimum atomic E-state index is 0.286. The lowest BCUT2D eigenvalue weighted by Gasteiger charge is -2.43. The van der Waals surface area contributed by atoms with Crippen molar-refractivity contribution in [3.05, 3.63) is 0 Å². The molecule has 2 fully saturated rings. The lowest BCUT2D eigenvalue weighted by Crippen LogP contribution is -2.42. The van der Waals surface area contributed by atoms with Crippen LogP contribution < -0.4 is 5.32 Å². The molecule has 3 unspecified atom stereocenters. The highest BCUT2D eigenvalue weighted by Gasteiger charge is 2.49. The van der Waals surface area contributed by atoms with Crippen molar-refractivity contribution in [3.8, 4) is 0 Å². The normalized spacial score (nSPS) is 36.7. The van der Waals surface area contributed by atoms with E-state index in [1.165, 1.54) is 25.7 Å². The van der Waals surface area contributed by atoms with Crippen LogP contribution in [0.25, 0.3) is 0 Å². The summed E-state index contributed by atoms with van der Waals surface area (Å²) >= 11 is 0. The Morgan fingerprint density at radius 1 is 1.33 bits per heavy atom. The molecule has 2 heteroatoms. The SMILES string of the molecule is CC(C)CC1NC(=O)CC12CCCC(C(C)C)C2. The number of hydrogen-bond donors (Lipinski definition) is 1. The Kier molecular flexibility index (Phi) is 4.03. The first-order chi connectivity index (χ1) is 8.43. The molecule has 2 nitrogen and oxygen atoms in total. The summed E-state index contributed by atoms with van der Waals surface area (Å²) in [4.78, 5) is 11.9. The number of amides is 1. The first-order valence-electron chi connectivity index (χ1n) is 7.72. The number of carbonyl (C=O) groups is 1. The van der Waals surface area contributed by atoms with Crippen molar-refractivity contribution in [3.63, 3.8) is 0 Å². The van der Waals surface area contributed by atoms with Crippen molar-refractivity contribution in [2.45, 2.75) is 72.3 Å². The van der Waals surface area contributed by atoms with Crippen molar-refractivity contribution < 1.29 is 4.79 Å². The molecule has 0 aromatic heterocycles. The number of rotatable bonds is 3. The van der Waals surface area contributed by atoms with Gasteiger partial charge in [-0.15, -0.1) is 0 Å².